The van der Waals surface area contributed by atoms with Gasteiger partial charge in [0.2, 0.25) is 0 Å². The minimum atomic E-state index is 0.375. The van der Waals surface area contributed by atoms with E-state index in [1.165, 1.54) is 5.00 Å². The van der Waals surface area contributed by atoms with Gasteiger partial charge in [-0.2, -0.15) is 0 Å². The van der Waals surface area contributed by atoms with Crippen LogP contribution >= 0.6 is 11.3 Å². The van der Waals surface area contributed by atoms with Crippen molar-refractivity contribution < 1.29 is 4.79 Å². The first kappa shape index (κ1) is 8.75. The Hall–Kier alpha value is -0.830. The van der Waals surface area contributed by atoms with Crippen LogP contribution in [0.15, 0.2) is 17.5 Å². The highest BCUT2D eigenvalue weighted by atomic mass is 32.1. The van der Waals surface area contributed by atoms with Gasteiger partial charge in [0.15, 0.2) is 0 Å². The molecule has 3 heteroatoms. The normalized spacial score (nSPS) is 23.6. The topological polar surface area (TPSA) is 20.3 Å². The van der Waals surface area contributed by atoms with E-state index in [0.29, 0.717) is 24.7 Å². The van der Waals surface area contributed by atoms with E-state index in [4.69, 9.17) is 0 Å². The fourth-order valence-electron chi connectivity index (χ4n) is 1.77. The maximum Gasteiger partial charge on any atom is 0.136 e. The van der Waals surface area contributed by atoms with Crippen molar-refractivity contribution in [3.8, 4) is 0 Å². The van der Waals surface area contributed by atoms with E-state index in [9.17, 15) is 4.79 Å². The Bertz CT molecular complexity index is 294. The number of hydrogen-bond donors (Lipinski definition) is 0. The molecule has 1 aliphatic rings. The van der Waals surface area contributed by atoms with Crippen molar-refractivity contribution in [3.63, 3.8) is 0 Å². The Labute approximate surface area is 82.2 Å². The van der Waals surface area contributed by atoms with Crippen LogP contribution in [0.1, 0.15) is 19.8 Å². The molecule has 0 aliphatic carbocycles. The molecular formula is C10H13NOS. The summed E-state index contributed by atoms with van der Waals surface area (Å²) in [4.78, 5) is 13.5. The number of thiophene rings is 1. The molecule has 13 heavy (non-hydrogen) atoms. The number of piperidine rings is 1. The Kier molecular flexibility index (Phi) is 2.36. The third-order valence-corrected chi connectivity index (χ3v) is 3.38. The summed E-state index contributed by atoms with van der Waals surface area (Å²) in [5.41, 5.74) is 0. The maximum atomic E-state index is 11.2. The van der Waals surface area contributed by atoms with Crippen molar-refractivity contribution in [2.24, 2.45) is 0 Å². The number of nitrogens with zero attached hydrogens (tertiary/aromatic N) is 1. The van der Waals surface area contributed by atoms with Crippen molar-refractivity contribution >= 4 is 22.1 Å². The largest absolute Gasteiger partial charge is 0.360 e. The highest BCUT2D eigenvalue weighted by Crippen LogP contribution is 2.27. The van der Waals surface area contributed by atoms with E-state index < -0.39 is 0 Å². The molecule has 2 rings (SSSR count). The Balaban J connectivity index is 2.12. The summed E-state index contributed by atoms with van der Waals surface area (Å²) < 4.78 is 0. The van der Waals surface area contributed by atoms with Crippen molar-refractivity contribution in [1.82, 2.24) is 0 Å². The Morgan fingerprint density at radius 2 is 2.46 bits per heavy atom. The lowest BCUT2D eigenvalue weighted by Gasteiger charge is -2.33. The van der Waals surface area contributed by atoms with Crippen LogP contribution in [0.2, 0.25) is 0 Å². The molecule has 0 N–H and O–H groups in total. The summed E-state index contributed by atoms with van der Waals surface area (Å²) in [6, 6.07) is 4.56. The van der Waals surface area contributed by atoms with Gasteiger partial charge in [0.05, 0.1) is 5.00 Å². The third-order valence-electron chi connectivity index (χ3n) is 2.48. The summed E-state index contributed by atoms with van der Waals surface area (Å²) in [6.07, 6.45) is 1.42. The van der Waals surface area contributed by atoms with Crippen LogP contribution in [0.25, 0.3) is 0 Å². The first-order chi connectivity index (χ1) is 6.27. The molecule has 1 aromatic heterocycles. The second kappa shape index (κ2) is 3.50. The van der Waals surface area contributed by atoms with Gasteiger partial charge in [0.1, 0.15) is 5.78 Å². The predicted octanol–water partition coefficient (Wildman–Crippen LogP) is 2.31. The summed E-state index contributed by atoms with van der Waals surface area (Å²) in [6.45, 7) is 3.01. The SMILES string of the molecule is CC1CC(=O)CCN1c1cccs1. The molecule has 1 fully saturated rings. The highest BCUT2D eigenvalue weighted by Gasteiger charge is 2.23. The zero-order valence-electron chi connectivity index (χ0n) is 7.69. The molecule has 0 amide bonds. The van der Waals surface area contributed by atoms with Gasteiger partial charge in [0.25, 0.3) is 0 Å². The fraction of sp³-hybridized carbons (Fsp3) is 0.500. The van der Waals surface area contributed by atoms with Gasteiger partial charge in [-0.05, 0) is 24.4 Å². The van der Waals surface area contributed by atoms with E-state index in [2.05, 4.69) is 29.3 Å². The summed E-state index contributed by atoms with van der Waals surface area (Å²) in [5.74, 6) is 0.403. The average molecular weight is 195 g/mol. The van der Waals surface area contributed by atoms with Crippen LogP contribution in [0.4, 0.5) is 5.00 Å². The van der Waals surface area contributed by atoms with E-state index in [1.54, 1.807) is 11.3 Å². The smallest absolute Gasteiger partial charge is 0.136 e. The lowest BCUT2D eigenvalue weighted by atomic mass is 10.0. The second-order valence-electron chi connectivity index (χ2n) is 3.49. The Morgan fingerprint density at radius 1 is 1.62 bits per heavy atom. The van der Waals surface area contributed by atoms with Crippen LogP contribution in [0, 0.1) is 0 Å². The summed E-state index contributed by atoms with van der Waals surface area (Å²) >= 11 is 1.75. The van der Waals surface area contributed by atoms with Crippen LogP contribution in [0.3, 0.4) is 0 Å². The molecule has 0 bridgehead atoms. The van der Waals surface area contributed by atoms with E-state index >= 15 is 0 Å². The molecule has 1 atom stereocenters. The number of rotatable bonds is 1. The zero-order valence-corrected chi connectivity index (χ0v) is 8.51. The molecule has 2 nitrogen and oxygen atoms in total. The Morgan fingerprint density at radius 3 is 3.08 bits per heavy atom. The standard InChI is InChI=1S/C10H13NOS/c1-8-7-9(12)4-5-11(8)10-3-2-6-13-10/h2-3,6,8H,4-5,7H2,1H3. The number of Topliss-reactive ketones (excluding diaryl/α,β-unsaturated/α-hetero) is 1. The summed E-state index contributed by atoms with van der Waals surface area (Å²) in [7, 11) is 0. The van der Waals surface area contributed by atoms with Crippen molar-refractivity contribution in [1.29, 1.82) is 0 Å². The van der Waals surface area contributed by atoms with E-state index in [1.807, 2.05) is 0 Å². The lowest BCUT2D eigenvalue weighted by Crippen LogP contribution is -2.40. The second-order valence-corrected chi connectivity index (χ2v) is 4.41. The molecular weight excluding hydrogens is 182 g/mol. The molecule has 0 saturated carbocycles. The molecule has 1 saturated heterocycles. The van der Waals surface area contributed by atoms with Crippen LogP contribution in [0.5, 0.6) is 0 Å². The van der Waals surface area contributed by atoms with Crippen molar-refractivity contribution in [3.05, 3.63) is 17.5 Å². The van der Waals surface area contributed by atoms with Gasteiger partial charge in [-0.25, -0.2) is 0 Å². The minimum Gasteiger partial charge on any atom is -0.360 e. The molecule has 0 radical (unpaired) electrons. The molecule has 0 aromatic carbocycles. The average Bonchev–Trinajstić information content (AvgIpc) is 2.56. The van der Waals surface area contributed by atoms with Crippen LogP contribution in [-0.4, -0.2) is 18.4 Å². The zero-order chi connectivity index (χ0) is 9.26. The first-order valence-electron chi connectivity index (χ1n) is 4.59. The molecule has 1 aromatic rings. The quantitative estimate of drug-likeness (QED) is 0.685. The van der Waals surface area contributed by atoms with Gasteiger partial charge >= 0.3 is 0 Å². The molecule has 2 heterocycles. The third kappa shape index (κ3) is 1.75. The molecule has 0 spiro atoms. The summed E-state index contributed by atoms with van der Waals surface area (Å²) in [5, 5.41) is 3.37. The highest BCUT2D eigenvalue weighted by molar-refractivity contribution is 7.14. The number of anilines is 1. The van der Waals surface area contributed by atoms with Gasteiger partial charge < -0.3 is 4.90 Å². The molecule has 1 aliphatic heterocycles. The van der Waals surface area contributed by atoms with E-state index in [0.717, 1.165) is 6.54 Å². The number of carbonyl (C=O) groups is 1. The first-order valence-corrected chi connectivity index (χ1v) is 5.47. The minimum absolute atomic E-state index is 0.375. The van der Waals surface area contributed by atoms with Crippen LogP contribution < -0.4 is 4.90 Å². The monoisotopic (exact) mass is 195 g/mol. The van der Waals surface area contributed by atoms with Gasteiger partial charge in [-0.3, -0.25) is 4.79 Å². The van der Waals surface area contributed by atoms with Gasteiger partial charge in [0, 0.05) is 25.4 Å². The van der Waals surface area contributed by atoms with Gasteiger partial charge in [-0.1, -0.05) is 0 Å². The lowest BCUT2D eigenvalue weighted by molar-refractivity contribution is -0.120. The van der Waals surface area contributed by atoms with E-state index in [-0.39, 0.29) is 0 Å². The van der Waals surface area contributed by atoms with Crippen molar-refractivity contribution in [2.45, 2.75) is 25.8 Å². The fourth-order valence-corrected chi connectivity index (χ4v) is 2.63. The maximum absolute atomic E-state index is 11.2. The predicted molar refractivity (Wildman–Crippen MR) is 55.4 cm³/mol. The number of carbonyl (C=O) groups excluding carboxylic acids is 1. The molecule has 70 valence electrons. The van der Waals surface area contributed by atoms with Gasteiger partial charge in [-0.15, -0.1) is 11.3 Å². The number of ketones is 1. The van der Waals surface area contributed by atoms with Crippen LogP contribution in [-0.2, 0) is 4.79 Å². The number of hydrogen-bond acceptors (Lipinski definition) is 3. The van der Waals surface area contributed by atoms with Crippen molar-refractivity contribution in [2.75, 3.05) is 11.4 Å². The molecule has 1 unspecified atom stereocenters.